The molecule has 0 aliphatic heterocycles. The summed E-state index contributed by atoms with van der Waals surface area (Å²) in [7, 11) is 0. The molecule has 0 aromatic carbocycles. The maximum atomic E-state index is 11.7. The Morgan fingerprint density at radius 3 is 3.26 bits per heavy atom. The van der Waals surface area contributed by atoms with Crippen LogP contribution in [-0.4, -0.2) is 26.7 Å². The molecule has 3 aromatic heterocycles. The van der Waals surface area contributed by atoms with Gasteiger partial charge < -0.3 is 14.8 Å². The third kappa shape index (κ3) is 2.69. The molecule has 0 aliphatic carbocycles. The number of thiophene rings is 1. The highest BCUT2D eigenvalue weighted by Crippen LogP contribution is 2.13. The first kappa shape index (κ1) is 12.0. The van der Waals surface area contributed by atoms with Crippen molar-refractivity contribution in [2.45, 2.75) is 13.0 Å². The van der Waals surface area contributed by atoms with Crippen LogP contribution in [0.3, 0.4) is 0 Å². The van der Waals surface area contributed by atoms with Gasteiger partial charge in [0.25, 0.3) is 5.56 Å². The summed E-state index contributed by atoms with van der Waals surface area (Å²) in [6, 6.07) is 1.85. The molecule has 0 spiro atoms. The summed E-state index contributed by atoms with van der Waals surface area (Å²) in [6.45, 7) is 1.18. The fourth-order valence-corrected chi connectivity index (χ4v) is 2.44. The Bertz CT molecular complexity index is 718. The zero-order valence-corrected chi connectivity index (χ0v) is 10.7. The Morgan fingerprint density at radius 1 is 1.47 bits per heavy atom. The Hall–Kier alpha value is -2.06. The van der Waals surface area contributed by atoms with Crippen LogP contribution in [0.4, 0.5) is 0 Å². The molecule has 0 saturated heterocycles. The minimum absolute atomic E-state index is 0.0880. The number of aromatic nitrogens is 4. The molecule has 7 nitrogen and oxygen atoms in total. The van der Waals surface area contributed by atoms with E-state index in [0.717, 1.165) is 5.52 Å². The van der Waals surface area contributed by atoms with Crippen molar-refractivity contribution < 1.29 is 4.52 Å². The number of nitrogens with one attached hydrogen (secondary N) is 2. The van der Waals surface area contributed by atoms with Crippen LogP contribution >= 0.6 is 11.3 Å². The number of rotatable bonds is 5. The van der Waals surface area contributed by atoms with Gasteiger partial charge in [-0.15, -0.1) is 11.3 Å². The van der Waals surface area contributed by atoms with Gasteiger partial charge in [0.1, 0.15) is 10.5 Å². The molecule has 0 saturated carbocycles. The van der Waals surface area contributed by atoms with Gasteiger partial charge >= 0.3 is 0 Å². The average Bonchev–Trinajstić information content (AvgIpc) is 3.05. The number of aromatic amines is 1. The van der Waals surface area contributed by atoms with Crippen molar-refractivity contribution >= 4 is 21.6 Å². The van der Waals surface area contributed by atoms with Crippen molar-refractivity contribution in [1.82, 2.24) is 25.4 Å². The van der Waals surface area contributed by atoms with Gasteiger partial charge in [-0.2, -0.15) is 4.98 Å². The SMILES string of the molecule is O=c1[nH]c(CNCCc2ncon2)nc2ccsc12. The number of fused-ring (bicyclic) bond motifs is 1. The van der Waals surface area contributed by atoms with Crippen LogP contribution in [0.25, 0.3) is 10.2 Å². The molecular weight excluding hydrogens is 266 g/mol. The van der Waals surface area contributed by atoms with Crippen molar-refractivity contribution in [3.8, 4) is 0 Å². The van der Waals surface area contributed by atoms with E-state index in [4.69, 9.17) is 0 Å². The third-order valence-corrected chi connectivity index (χ3v) is 3.49. The van der Waals surface area contributed by atoms with E-state index in [1.54, 1.807) is 0 Å². The highest BCUT2D eigenvalue weighted by molar-refractivity contribution is 7.17. The van der Waals surface area contributed by atoms with Gasteiger partial charge in [0.05, 0.1) is 12.1 Å². The van der Waals surface area contributed by atoms with Crippen molar-refractivity contribution in [3.63, 3.8) is 0 Å². The van der Waals surface area contributed by atoms with Crippen molar-refractivity contribution in [3.05, 3.63) is 39.8 Å². The summed E-state index contributed by atoms with van der Waals surface area (Å²) >= 11 is 1.40. The second kappa shape index (κ2) is 5.29. The van der Waals surface area contributed by atoms with Gasteiger partial charge in [0, 0.05) is 13.0 Å². The van der Waals surface area contributed by atoms with Crippen LogP contribution in [0.1, 0.15) is 11.6 Å². The lowest BCUT2D eigenvalue weighted by Gasteiger charge is -2.02. The molecule has 0 radical (unpaired) electrons. The van der Waals surface area contributed by atoms with Gasteiger partial charge in [-0.1, -0.05) is 5.16 Å². The number of H-pyrrole nitrogens is 1. The average molecular weight is 277 g/mol. The monoisotopic (exact) mass is 277 g/mol. The fourth-order valence-electron chi connectivity index (χ4n) is 1.71. The second-order valence-corrected chi connectivity index (χ2v) is 4.84. The van der Waals surface area contributed by atoms with Crippen LogP contribution in [-0.2, 0) is 13.0 Å². The van der Waals surface area contributed by atoms with Crippen molar-refractivity contribution in [2.24, 2.45) is 0 Å². The predicted molar refractivity (Wildman–Crippen MR) is 69.9 cm³/mol. The smallest absolute Gasteiger partial charge is 0.268 e. The molecule has 98 valence electrons. The molecule has 0 aliphatic rings. The van der Waals surface area contributed by atoms with E-state index in [2.05, 4.69) is 29.9 Å². The van der Waals surface area contributed by atoms with Crippen LogP contribution in [0, 0.1) is 0 Å². The summed E-state index contributed by atoms with van der Waals surface area (Å²) in [5.41, 5.74) is 0.652. The van der Waals surface area contributed by atoms with E-state index >= 15 is 0 Å². The van der Waals surface area contributed by atoms with E-state index in [1.807, 2.05) is 11.4 Å². The Morgan fingerprint density at radius 2 is 2.42 bits per heavy atom. The predicted octanol–water partition coefficient (Wildman–Crippen LogP) is 0.700. The first-order valence-corrected chi connectivity index (χ1v) is 6.63. The number of nitrogens with zero attached hydrogens (tertiary/aromatic N) is 3. The van der Waals surface area contributed by atoms with E-state index in [-0.39, 0.29) is 5.56 Å². The van der Waals surface area contributed by atoms with Gasteiger partial charge in [0.15, 0.2) is 5.82 Å². The Balaban J connectivity index is 1.60. The molecule has 3 rings (SSSR count). The quantitative estimate of drug-likeness (QED) is 0.666. The molecule has 0 atom stereocenters. The van der Waals surface area contributed by atoms with Crippen molar-refractivity contribution in [2.75, 3.05) is 6.54 Å². The van der Waals surface area contributed by atoms with E-state index < -0.39 is 0 Å². The lowest BCUT2D eigenvalue weighted by atomic mass is 10.4. The molecule has 3 aromatic rings. The second-order valence-electron chi connectivity index (χ2n) is 3.92. The van der Waals surface area contributed by atoms with Gasteiger partial charge in [-0.3, -0.25) is 4.79 Å². The van der Waals surface area contributed by atoms with E-state index in [0.29, 0.717) is 35.9 Å². The maximum Gasteiger partial charge on any atom is 0.268 e. The van der Waals surface area contributed by atoms with Crippen LogP contribution in [0.15, 0.2) is 27.2 Å². The molecule has 19 heavy (non-hydrogen) atoms. The molecule has 8 heteroatoms. The van der Waals surface area contributed by atoms with Crippen molar-refractivity contribution in [1.29, 1.82) is 0 Å². The molecule has 0 amide bonds. The Kier molecular flexibility index (Phi) is 3.34. The summed E-state index contributed by atoms with van der Waals surface area (Å²) in [5, 5.41) is 8.75. The number of hydrogen-bond acceptors (Lipinski definition) is 7. The topological polar surface area (TPSA) is 96.7 Å². The molecular formula is C11H11N5O2S. The first-order valence-electron chi connectivity index (χ1n) is 5.75. The van der Waals surface area contributed by atoms with E-state index in [1.165, 1.54) is 17.7 Å². The standard InChI is InChI=1S/C11H11N5O2S/c17-11-10-7(2-4-19-10)14-9(15-11)5-12-3-1-8-13-6-18-16-8/h2,4,6,12H,1,3,5H2,(H,14,15,17). The van der Waals surface area contributed by atoms with Gasteiger partial charge in [0.2, 0.25) is 6.39 Å². The minimum atomic E-state index is -0.0880. The maximum absolute atomic E-state index is 11.7. The minimum Gasteiger partial charge on any atom is -0.343 e. The fraction of sp³-hybridized carbons (Fsp3) is 0.273. The Labute approximate surface area is 111 Å². The third-order valence-electron chi connectivity index (χ3n) is 2.59. The van der Waals surface area contributed by atoms with Crippen LogP contribution < -0.4 is 10.9 Å². The highest BCUT2D eigenvalue weighted by Gasteiger charge is 2.04. The van der Waals surface area contributed by atoms with Crippen LogP contribution in [0.5, 0.6) is 0 Å². The lowest BCUT2D eigenvalue weighted by Crippen LogP contribution is -2.21. The highest BCUT2D eigenvalue weighted by atomic mass is 32.1. The molecule has 0 bridgehead atoms. The largest absolute Gasteiger partial charge is 0.343 e. The van der Waals surface area contributed by atoms with E-state index in [9.17, 15) is 4.79 Å². The normalized spacial score (nSPS) is 11.2. The molecule has 2 N–H and O–H groups in total. The van der Waals surface area contributed by atoms with Gasteiger partial charge in [-0.25, -0.2) is 4.98 Å². The summed E-state index contributed by atoms with van der Waals surface area (Å²) < 4.78 is 5.30. The summed E-state index contributed by atoms with van der Waals surface area (Å²) in [4.78, 5) is 22.8. The summed E-state index contributed by atoms with van der Waals surface area (Å²) in [6.07, 6.45) is 1.97. The summed E-state index contributed by atoms with van der Waals surface area (Å²) in [5.74, 6) is 1.28. The zero-order valence-electron chi connectivity index (χ0n) is 9.92. The van der Waals surface area contributed by atoms with Crippen LogP contribution in [0.2, 0.25) is 0 Å². The lowest BCUT2D eigenvalue weighted by molar-refractivity contribution is 0.409. The molecule has 0 fully saturated rings. The number of hydrogen-bond donors (Lipinski definition) is 2. The first-order chi connectivity index (χ1) is 9.33. The zero-order chi connectivity index (χ0) is 13.1. The molecule has 3 heterocycles. The van der Waals surface area contributed by atoms with Gasteiger partial charge in [-0.05, 0) is 11.4 Å². The molecule has 0 unspecified atom stereocenters.